The van der Waals surface area contributed by atoms with E-state index in [0.29, 0.717) is 25.7 Å². The first-order chi connectivity index (χ1) is 10.1. The van der Waals surface area contributed by atoms with Crippen molar-refractivity contribution in [2.75, 3.05) is 6.61 Å². The molecule has 0 aromatic heterocycles. The van der Waals surface area contributed by atoms with E-state index in [1.807, 2.05) is 30.3 Å². The molecule has 1 aromatic carbocycles. The molecule has 1 aliphatic carbocycles. The van der Waals surface area contributed by atoms with Crippen molar-refractivity contribution in [3.8, 4) is 0 Å². The number of carbonyl (C=O) groups excluding carboxylic acids is 1. The zero-order valence-electron chi connectivity index (χ0n) is 11.9. The third-order valence-electron chi connectivity index (χ3n) is 4.04. The second kappa shape index (κ2) is 7.22. The zero-order valence-corrected chi connectivity index (χ0v) is 11.9. The van der Waals surface area contributed by atoms with Crippen LogP contribution in [0.25, 0.3) is 0 Å². The summed E-state index contributed by atoms with van der Waals surface area (Å²) < 4.78 is 0. The summed E-state index contributed by atoms with van der Waals surface area (Å²) in [5, 5.41) is 21.2. The Morgan fingerprint density at radius 2 is 1.86 bits per heavy atom. The van der Waals surface area contributed by atoms with Crippen LogP contribution in [0.5, 0.6) is 0 Å². The number of hydrogen-bond donors (Lipinski definition) is 3. The molecule has 114 valence electrons. The van der Waals surface area contributed by atoms with Gasteiger partial charge in [0.25, 0.3) is 0 Å². The van der Waals surface area contributed by atoms with Crippen LogP contribution in [0.15, 0.2) is 30.3 Å². The third kappa shape index (κ3) is 4.29. The number of rotatable bonds is 6. The normalized spacial score (nSPS) is 22.7. The van der Waals surface area contributed by atoms with Gasteiger partial charge >= 0.3 is 5.97 Å². The van der Waals surface area contributed by atoms with Gasteiger partial charge in [-0.3, -0.25) is 9.59 Å². The first kappa shape index (κ1) is 15.5. The van der Waals surface area contributed by atoms with Crippen LogP contribution in [0.4, 0.5) is 0 Å². The van der Waals surface area contributed by atoms with Crippen molar-refractivity contribution in [2.24, 2.45) is 11.8 Å². The fourth-order valence-electron chi connectivity index (χ4n) is 2.82. The van der Waals surface area contributed by atoms with Gasteiger partial charge in [-0.2, -0.15) is 0 Å². The monoisotopic (exact) mass is 291 g/mol. The van der Waals surface area contributed by atoms with Crippen LogP contribution < -0.4 is 5.32 Å². The van der Waals surface area contributed by atoms with Gasteiger partial charge in [-0.15, -0.1) is 0 Å². The molecule has 2 rings (SSSR count). The second-order valence-electron chi connectivity index (χ2n) is 5.62. The van der Waals surface area contributed by atoms with Crippen molar-refractivity contribution in [1.29, 1.82) is 0 Å². The predicted molar refractivity (Wildman–Crippen MR) is 77.6 cm³/mol. The fourth-order valence-corrected chi connectivity index (χ4v) is 2.82. The number of carbonyl (C=O) groups is 2. The lowest BCUT2D eigenvalue weighted by atomic mass is 10.0. The first-order valence-corrected chi connectivity index (χ1v) is 7.28. The molecular formula is C16H21NO4. The topological polar surface area (TPSA) is 86.6 Å². The summed E-state index contributed by atoms with van der Waals surface area (Å²) in [6.07, 6.45) is 2.12. The highest BCUT2D eigenvalue weighted by Crippen LogP contribution is 2.31. The lowest BCUT2D eigenvalue weighted by Crippen LogP contribution is -2.42. The molecule has 0 aliphatic heterocycles. The van der Waals surface area contributed by atoms with Crippen LogP contribution in [0.2, 0.25) is 0 Å². The highest BCUT2D eigenvalue weighted by Gasteiger charge is 2.34. The van der Waals surface area contributed by atoms with Gasteiger partial charge in [0.1, 0.15) is 0 Å². The Labute approximate surface area is 124 Å². The van der Waals surface area contributed by atoms with Gasteiger partial charge in [-0.1, -0.05) is 30.3 Å². The minimum Gasteiger partial charge on any atom is -0.481 e. The largest absolute Gasteiger partial charge is 0.481 e. The highest BCUT2D eigenvalue weighted by molar-refractivity contribution is 5.81. The smallest absolute Gasteiger partial charge is 0.306 e. The molecule has 1 saturated carbocycles. The van der Waals surface area contributed by atoms with Crippen molar-refractivity contribution in [3.63, 3.8) is 0 Å². The molecule has 1 aliphatic rings. The van der Waals surface area contributed by atoms with Gasteiger partial charge in [0.2, 0.25) is 5.91 Å². The Balaban J connectivity index is 1.87. The van der Waals surface area contributed by atoms with E-state index < -0.39 is 11.9 Å². The molecule has 0 heterocycles. The van der Waals surface area contributed by atoms with Crippen LogP contribution in [0.3, 0.4) is 0 Å². The van der Waals surface area contributed by atoms with Crippen molar-refractivity contribution in [2.45, 2.75) is 31.7 Å². The predicted octanol–water partition coefficient (Wildman–Crippen LogP) is 1.21. The summed E-state index contributed by atoms with van der Waals surface area (Å²) in [6, 6.07) is 9.32. The lowest BCUT2D eigenvalue weighted by molar-refractivity contribution is -0.141. The summed E-state index contributed by atoms with van der Waals surface area (Å²) in [5.74, 6) is -1.64. The molecule has 1 unspecified atom stereocenters. The van der Waals surface area contributed by atoms with Crippen molar-refractivity contribution < 1.29 is 19.8 Å². The van der Waals surface area contributed by atoms with Crippen molar-refractivity contribution in [3.05, 3.63) is 35.9 Å². The molecule has 0 bridgehead atoms. The summed E-state index contributed by atoms with van der Waals surface area (Å²) in [5.41, 5.74) is 1.05. The average Bonchev–Trinajstić information content (AvgIpc) is 2.97. The lowest BCUT2D eigenvalue weighted by Gasteiger charge is -2.19. The van der Waals surface area contributed by atoms with Gasteiger partial charge in [0.15, 0.2) is 0 Å². The molecule has 5 nitrogen and oxygen atoms in total. The molecule has 3 atom stereocenters. The SMILES string of the molecule is O=C(O)[C@H]1CC[C@@H](C(=O)NC(CO)Cc2ccccc2)C1. The third-order valence-corrected chi connectivity index (χ3v) is 4.04. The van der Waals surface area contributed by atoms with E-state index in [1.165, 1.54) is 0 Å². The van der Waals surface area contributed by atoms with Crippen LogP contribution in [0, 0.1) is 11.8 Å². The Bertz CT molecular complexity index is 488. The first-order valence-electron chi connectivity index (χ1n) is 7.28. The van der Waals surface area contributed by atoms with Crippen LogP contribution >= 0.6 is 0 Å². The minimum absolute atomic E-state index is 0.129. The molecule has 1 amide bonds. The summed E-state index contributed by atoms with van der Waals surface area (Å²) in [7, 11) is 0. The van der Waals surface area contributed by atoms with E-state index >= 15 is 0 Å². The molecule has 0 radical (unpaired) electrons. The second-order valence-corrected chi connectivity index (χ2v) is 5.62. The maximum Gasteiger partial charge on any atom is 0.306 e. The standard InChI is InChI=1S/C16H21NO4/c18-10-14(8-11-4-2-1-3-5-11)17-15(19)12-6-7-13(9-12)16(20)21/h1-5,12-14,18H,6-10H2,(H,17,19)(H,20,21)/t12-,13+,14?/m1/s1. The summed E-state index contributed by atoms with van der Waals surface area (Å²) in [6.45, 7) is -0.129. The molecular weight excluding hydrogens is 270 g/mol. The number of amides is 1. The number of nitrogens with one attached hydrogen (secondary N) is 1. The van der Waals surface area contributed by atoms with Gasteiger partial charge in [0.05, 0.1) is 18.6 Å². The quantitative estimate of drug-likeness (QED) is 0.735. The van der Waals surface area contributed by atoms with Gasteiger partial charge in [0, 0.05) is 5.92 Å². The zero-order chi connectivity index (χ0) is 15.2. The number of benzene rings is 1. The van der Waals surface area contributed by atoms with Crippen LogP contribution in [0.1, 0.15) is 24.8 Å². The number of hydrogen-bond acceptors (Lipinski definition) is 3. The van der Waals surface area contributed by atoms with Gasteiger partial charge < -0.3 is 15.5 Å². The molecule has 1 aromatic rings. The Morgan fingerprint density at radius 1 is 1.19 bits per heavy atom. The van der Waals surface area contributed by atoms with Crippen molar-refractivity contribution >= 4 is 11.9 Å². The Hall–Kier alpha value is -1.88. The summed E-state index contributed by atoms with van der Waals surface area (Å²) in [4.78, 5) is 23.1. The van der Waals surface area contributed by atoms with Crippen LogP contribution in [-0.2, 0) is 16.0 Å². The highest BCUT2D eigenvalue weighted by atomic mass is 16.4. The maximum absolute atomic E-state index is 12.2. The van der Waals surface area contributed by atoms with E-state index in [-0.39, 0.29) is 24.5 Å². The molecule has 0 saturated heterocycles. The Kier molecular flexibility index (Phi) is 5.33. The molecule has 0 spiro atoms. The van der Waals surface area contributed by atoms with Crippen LogP contribution in [-0.4, -0.2) is 34.7 Å². The van der Waals surface area contributed by atoms with Crippen molar-refractivity contribution in [1.82, 2.24) is 5.32 Å². The minimum atomic E-state index is -0.826. The van der Waals surface area contributed by atoms with E-state index in [1.54, 1.807) is 0 Å². The molecule has 21 heavy (non-hydrogen) atoms. The fraction of sp³-hybridized carbons (Fsp3) is 0.500. The number of aliphatic hydroxyl groups excluding tert-OH is 1. The number of carboxylic acids is 1. The average molecular weight is 291 g/mol. The molecule has 1 fully saturated rings. The van der Waals surface area contributed by atoms with Gasteiger partial charge in [-0.05, 0) is 31.2 Å². The van der Waals surface area contributed by atoms with E-state index in [4.69, 9.17) is 5.11 Å². The Morgan fingerprint density at radius 3 is 2.43 bits per heavy atom. The van der Waals surface area contributed by atoms with Gasteiger partial charge in [-0.25, -0.2) is 0 Å². The number of carboxylic acid groups (broad SMARTS) is 1. The van der Waals surface area contributed by atoms with E-state index in [9.17, 15) is 14.7 Å². The van der Waals surface area contributed by atoms with E-state index in [0.717, 1.165) is 5.56 Å². The number of aliphatic carboxylic acids is 1. The maximum atomic E-state index is 12.2. The van der Waals surface area contributed by atoms with E-state index in [2.05, 4.69) is 5.32 Å². The number of aliphatic hydroxyl groups is 1. The molecule has 5 heteroatoms. The summed E-state index contributed by atoms with van der Waals surface area (Å²) >= 11 is 0. The molecule has 3 N–H and O–H groups in total.